The predicted molar refractivity (Wildman–Crippen MR) is 145 cm³/mol. The van der Waals surface area contributed by atoms with Crippen molar-refractivity contribution in [3.05, 3.63) is 137 Å². The lowest BCUT2D eigenvalue weighted by Gasteiger charge is -2.52. The fraction of sp³-hybridized carbons (Fsp3) is 0.156. The fourth-order valence-electron chi connectivity index (χ4n) is 6.79. The number of benzene rings is 3. The minimum atomic E-state index is -1.02. The largest absolute Gasteiger partial charge is 0.278 e. The monoisotopic (exact) mass is 512 g/mol. The van der Waals surface area contributed by atoms with Crippen molar-refractivity contribution in [1.29, 1.82) is 0 Å². The van der Waals surface area contributed by atoms with Gasteiger partial charge in [-0.2, -0.15) is 5.10 Å². The van der Waals surface area contributed by atoms with Gasteiger partial charge in [0, 0.05) is 24.5 Å². The molecule has 2 heterocycles. The molecule has 1 aliphatic heterocycles. The zero-order valence-electron chi connectivity index (χ0n) is 20.9. The van der Waals surface area contributed by atoms with Gasteiger partial charge in [0.05, 0.1) is 29.4 Å². The number of pyridine rings is 1. The first-order valence-corrected chi connectivity index (χ1v) is 12.9. The fourth-order valence-corrected chi connectivity index (χ4v) is 6.79. The van der Waals surface area contributed by atoms with Crippen molar-refractivity contribution in [3.63, 3.8) is 0 Å². The summed E-state index contributed by atoms with van der Waals surface area (Å²) in [7, 11) is 0. The van der Waals surface area contributed by atoms with Gasteiger partial charge in [0.25, 0.3) is 5.91 Å². The maximum Gasteiger partial charge on any atom is 0.272 e. The van der Waals surface area contributed by atoms with Crippen molar-refractivity contribution < 1.29 is 14.4 Å². The number of nitrogens with one attached hydrogen (secondary N) is 1. The van der Waals surface area contributed by atoms with E-state index in [1.165, 1.54) is 11.1 Å². The Bertz CT molecular complexity index is 1600. The van der Waals surface area contributed by atoms with Gasteiger partial charge < -0.3 is 0 Å². The molecule has 7 nitrogen and oxygen atoms in total. The maximum atomic E-state index is 14.2. The van der Waals surface area contributed by atoms with E-state index in [0.717, 1.165) is 27.8 Å². The topological polar surface area (TPSA) is 91.7 Å². The highest BCUT2D eigenvalue weighted by Crippen LogP contribution is 2.63. The molecule has 1 N–H and O–H groups in total. The van der Waals surface area contributed by atoms with Gasteiger partial charge in [-0.1, -0.05) is 78.9 Å². The van der Waals surface area contributed by atoms with Crippen LogP contribution in [0, 0.1) is 11.8 Å². The second-order valence-electron chi connectivity index (χ2n) is 10.2. The Hall–Kier alpha value is -4.91. The van der Waals surface area contributed by atoms with Crippen molar-refractivity contribution in [3.8, 4) is 0 Å². The number of amides is 3. The Morgan fingerprint density at radius 3 is 2.21 bits per heavy atom. The summed E-state index contributed by atoms with van der Waals surface area (Å²) in [6.07, 6.45) is 4.73. The SMILES string of the molecule is O=C(N/N=C/C12c3ccccc3C(c3ccccc31)C1C(=O)N(Cc3ccccc3)C(=O)C12)c1cccnc1. The normalized spacial score (nSPS) is 24.4. The van der Waals surface area contributed by atoms with E-state index in [1.54, 1.807) is 24.5 Å². The van der Waals surface area contributed by atoms with Gasteiger partial charge in [-0.15, -0.1) is 0 Å². The molecule has 4 aromatic rings. The van der Waals surface area contributed by atoms with E-state index in [9.17, 15) is 14.4 Å². The number of likely N-dealkylation sites (tertiary alicyclic amines) is 1. The van der Waals surface area contributed by atoms with Crippen molar-refractivity contribution in [2.24, 2.45) is 16.9 Å². The van der Waals surface area contributed by atoms with Crippen LogP contribution in [0.15, 0.2) is 108 Å². The molecule has 7 heteroatoms. The van der Waals surface area contributed by atoms with Gasteiger partial charge >= 0.3 is 0 Å². The average molecular weight is 513 g/mol. The molecular formula is C32H24N4O3. The lowest BCUT2D eigenvalue weighted by Crippen LogP contribution is -2.54. The number of hydrazone groups is 1. The Morgan fingerprint density at radius 1 is 0.872 bits per heavy atom. The third-order valence-electron chi connectivity index (χ3n) is 8.32. The molecule has 0 spiro atoms. The van der Waals surface area contributed by atoms with E-state index in [1.807, 2.05) is 78.9 Å². The summed E-state index contributed by atoms with van der Waals surface area (Å²) < 4.78 is 0. The number of carbonyl (C=O) groups is 3. The molecule has 39 heavy (non-hydrogen) atoms. The second-order valence-corrected chi connectivity index (χ2v) is 10.2. The predicted octanol–water partition coefficient (Wildman–Crippen LogP) is 4.04. The number of hydrogen-bond acceptors (Lipinski definition) is 5. The Labute approximate surface area is 225 Å². The second kappa shape index (κ2) is 8.84. The van der Waals surface area contributed by atoms with E-state index in [-0.39, 0.29) is 24.3 Å². The summed E-state index contributed by atoms with van der Waals surface area (Å²) in [6, 6.07) is 28.8. The van der Waals surface area contributed by atoms with E-state index < -0.39 is 23.2 Å². The van der Waals surface area contributed by atoms with Crippen molar-refractivity contribution >= 4 is 23.9 Å². The lowest BCUT2D eigenvalue weighted by atomic mass is 9.47. The Kier molecular flexibility index (Phi) is 5.26. The number of carbonyl (C=O) groups excluding carboxylic acids is 3. The minimum absolute atomic E-state index is 0.167. The first-order chi connectivity index (χ1) is 19.1. The molecule has 2 atom stereocenters. The zero-order chi connectivity index (χ0) is 26.6. The highest BCUT2D eigenvalue weighted by atomic mass is 16.2. The van der Waals surface area contributed by atoms with Gasteiger partial charge in [0.2, 0.25) is 11.8 Å². The average Bonchev–Trinajstić information content (AvgIpc) is 3.24. The van der Waals surface area contributed by atoms with Crippen molar-refractivity contribution in [2.75, 3.05) is 0 Å². The van der Waals surface area contributed by atoms with Crippen molar-refractivity contribution in [2.45, 2.75) is 17.9 Å². The van der Waals surface area contributed by atoms with Crippen LogP contribution in [0.2, 0.25) is 0 Å². The summed E-state index contributed by atoms with van der Waals surface area (Å²) in [5, 5.41) is 4.43. The molecule has 4 aliphatic rings. The molecule has 3 aliphatic carbocycles. The van der Waals surface area contributed by atoms with Crippen LogP contribution in [0.3, 0.4) is 0 Å². The standard InChI is InChI=1S/C32H24N4O3/c37-29(21-11-8-16-33-17-21)35-34-19-32-24-14-6-4-12-22(24)26(23-13-5-7-15-25(23)32)27-28(32)31(39)36(30(27)38)18-20-9-2-1-3-10-20/h1-17,19,26-28H,18H2,(H,35,37)/b34-19+. The molecule has 190 valence electrons. The van der Waals surface area contributed by atoms with Crippen LogP contribution in [-0.4, -0.2) is 33.8 Å². The van der Waals surface area contributed by atoms with Gasteiger partial charge in [0.1, 0.15) is 0 Å². The number of imide groups is 1. The van der Waals surface area contributed by atoms with Crippen molar-refractivity contribution in [1.82, 2.24) is 15.3 Å². The molecule has 0 radical (unpaired) electrons. The summed E-state index contributed by atoms with van der Waals surface area (Å²) in [5.41, 5.74) is 6.79. The Balaban J connectivity index is 1.38. The smallest absolute Gasteiger partial charge is 0.272 e. The first-order valence-electron chi connectivity index (χ1n) is 12.9. The summed E-state index contributed by atoms with van der Waals surface area (Å²) in [4.78, 5) is 46.5. The minimum Gasteiger partial charge on any atom is -0.278 e. The molecule has 8 rings (SSSR count). The molecule has 1 aromatic heterocycles. The highest BCUT2D eigenvalue weighted by molar-refractivity contribution is 6.11. The van der Waals surface area contributed by atoms with E-state index >= 15 is 0 Å². The summed E-state index contributed by atoms with van der Waals surface area (Å²) >= 11 is 0. The number of hydrogen-bond donors (Lipinski definition) is 1. The van der Waals surface area contributed by atoms with Gasteiger partial charge in [0.15, 0.2) is 0 Å². The highest BCUT2D eigenvalue weighted by Gasteiger charge is 2.67. The molecular weight excluding hydrogens is 488 g/mol. The van der Waals surface area contributed by atoms with Crippen LogP contribution in [0.5, 0.6) is 0 Å². The van der Waals surface area contributed by atoms with Gasteiger partial charge in [-0.05, 0) is 39.9 Å². The number of aromatic nitrogens is 1. The quantitative estimate of drug-likeness (QED) is 0.248. The summed E-state index contributed by atoms with van der Waals surface area (Å²) in [6.45, 7) is 0.218. The molecule has 0 saturated carbocycles. The molecule has 2 bridgehead atoms. The maximum absolute atomic E-state index is 14.2. The van der Waals surface area contributed by atoms with Gasteiger partial charge in [-0.25, -0.2) is 5.43 Å². The van der Waals surface area contributed by atoms with Crippen LogP contribution in [0.4, 0.5) is 0 Å². The molecule has 1 saturated heterocycles. The summed E-state index contributed by atoms with van der Waals surface area (Å²) in [5.74, 6) is -2.26. The number of rotatable bonds is 5. The van der Waals surface area contributed by atoms with Crippen LogP contribution in [0.25, 0.3) is 0 Å². The number of nitrogens with zero attached hydrogens (tertiary/aromatic N) is 3. The van der Waals surface area contributed by atoms with Crippen LogP contribution in [-0.2, 0) is 21.5 Å². The third kappa shape index (κ3) is 3.32. The van der Waals surface area contributed by atoms with Crippen LogP contribution in [0.1, 0.15) is 44.1 Å². The lowest BCUT2D eigenvalue weighted by molar-refractivity contribution is -0.140. The zero-order valence-corrected chi connectivity index (χ0v) is 20.9. The van der Waals surface area contributed by atoms with E-state index in [2.05, 4.69) is 15.5 Å². The molecule has 2 unspecified atom stereocenters. The van der Waals surface area contributed by atoms with Crippen LogP contribution < -0.4 is 5.43 Å². The first kappa shape index (κ1) is 23.2. The van der Waals surface area contributed by atoms with Crippen LogP contribution >= 0.6 is 0 Å². The third-order valence-corrected chi connectivity index (χ3v) is 8.32. The molecule has 1 fully saturated rings. The van der Waals surface area contributed by atoms with Gasteiger partial charge in [-0.3, -0.25) is 24.3 Å². The van der Waals surface area contributed by atoms with E-state index in [0.29, 0.717) is 5.56 Å². The van der Waals surface area contributed by atoms with E-state index in [4.69, 9.17) is 0 Å². The Morgan fingerprint density at radius 2 is 1.54 bits per heavy atom. The molecule has 3 amide bonds. The molecule has 3 aromatic carbocycles.